The van der Waals surface area contributed by atoms with Crippen LogP contribution in [0.1, 0.15) is 13.8 Å². The summed E-state index contributed by atoms with van der Waals surface area (Å²) in [7, 11) is 0. The molecule has 0 bridgehead atoms. The van der Waals surface area contributed by atoms with Crippen LogP contribution in [0.2, 0.25) is 0 Å². The van der Waals surface area contributed by atoms with E-state index in [9.17, 15) is 5.11 Å². The first-order valence-corrected chi connectivity index (χ1v) is 7.25. The molecule has 4 nitrogen and oxygen atoms in total. The smallest absolute Gasteiger partial charge is 0.137 e. The highest BCUT2D eigenvalue weighted by Gasteiger charge is 2.11. The third-order valence-electron chi connectivity index (χ3n) is 3.75. The van der Waals surface area contributed by atoms with E-state index in [0.29, 0.717) is 0 Å². The highest BCUT2D eigenvalue weighted by molar-refractivity contribution is 5.72. The molecule has 0 unspecified atom stereocenters. The zero-order valence-corrected chi connectivity index (χ0v) is 12.3. The highest BCUT2D eigenvalue weighted by Crippen LogP contribution is 2.32. The maximum Gasteiger partial charge on any atom is 0.137 e. The van der Waals surface area contributed by atoms with Crippen LogP contribution >= 0.6 is 0 Å². The molecule has 1 N–H and O–H groups in total. The van der Waals surface area contributed by atoms with E-state index < -0.39 is 0 Å². The van der Waals surface area contributed by atoms with Crippen molar-refractivity contribution in [3.8, 4) is 17.0 Å². The number of imidazole rings is 1. The molecule has 3 aromatic rings. The predicted octanol–water partition coefficient (Wildman–Crippen LogP) is 3.55. The van der Waals surface area contributed by atoms with Crippen molar-refractivity contribution in [3.05, 3.63) is 48.8 Å². The van der Waals surface area contributed by atoms with E-state index in [1.807, 2.05) is 53.2 Å². The topological polar surface area (TPSA) is 40.8 Å². The fraction of sp³-hybridized carbons (Fsp3) is 0.235. The summed E-state index contributed by atoms with van der Waals surface area (Å²) >= 11 is 0. The summed E-state index contributed by atoms with van der Waals surface area (Å²) in [5.41, 5.74) is 3.45. The normalized spacial score (nSPS) is 11.0. The minimum atomic E-state index is 0.266. The largest absolute Gasteiger partial charge is 0.507 e. The molecule has 3 rings (SSSR count). The quantitative estimate of drug-likeness (QED) is 0.795. The average Bonchev–Trinajstić information content (AvgIpc) is 2.92. The van der Waals surface area contributed by atoms with Crippen molar-refractivity contribution in [1.29, 1.82) is 0 Å². The van der Waals surface area contributed by atoms with Crippen LogP contribution in [0, 0.1) is 0 Å². The van der Waals surface area contributed by atoms with Gasteiger partial charge in [0.05, 0.1) is 5.69 Å². The number of aromatic nitrogens is 2. The van der Waals surface area contributed by atoms with Crippen LogP contribution in [0.15, 0.2) is 48.8 Å². The monoisotopic (exact) mass is 281 g/mol. The van der Waals surface area contributed by atoms with Gasteiger partial charge in [-0.15, -0.1) is 0 Å². The highest BCUT2D eigenvalue weighted by atomic mass is 16.3. The number of hydrogen-bond acceptors (Lipinski definition) is 3. The molecule has 0 aliphatic rings. The Hall–Kier alpha value is -2.49. The molecule has 0 radical (unpaired) electrons. The van der Waals surface area contributed by atoms with Crippen molar-refractivity contribution >= 4 is 11.3 Å². The minimum absolute atomic E-state index is 0.266. The number of phenolic OH excluding ortho intramolecular Hbond substituents is 1. The second-order valence-electron chi connectivity index (χ2n) is 4.97. The second-order valence-corrected chi connectivity index (χ2v) is 4.97. The Morgan fingerprint density at radius 3 is 2.62 bits per heavy atom. The molecule has 2 aromatic heterocycles. The SMILES string of the molecule is CCN(CC)c1ccc(-c2cn3ccccc3n2)c(O)c1. The van der Waals surface area contributed by atoms with Crippen molar-refractivity contribution in [2.45, 2.75) is 13.8 Å². The molecule has 0 atom stereocenters. The molecule has 1 aromatic carbocycles. The van der Waals surface area contributed by atoms with E-state index in [2.05, 4.69) is 23.7 Å². The Balaban J connectivity index is 2.02. The number of benzene rings is 1. The Labute approximate surface area is 124 Å². The van der Waals surface area contributed by atoms with Crippen LogP contribution < -0.4 is 4.90 Å². The summed E-state index contributed by atoms with van der Waals surface area (Å²) in [6.07, 6.45) is 3.88. The molecule has 0 fully saturated rings. The Kier molecular flexibility index (Phi) is 3.52. The van der Waals surface area contributed by atoms with E-state index in [1.54, 1.807) is 0 Å². The summed E-state index contributed by atoms with van der Waals surface area (Å²) in [6.45, 7) is 6.06. The number of phenols is 1. The minimum Gasteiger partial charge on any atom is -0.507 e. The number of aromatic hydroxyl groups is 1. The summed E-state index contributed by atoms with van der Waals surface area (Å²) in [4.78, 5) is 6.75. The maximum absolute atomic E-state index is 10.3. The van der Waals surface area contributed by atoms with Gasteiger partial charge in [-0.2, -0.15) is 0 Å². The third-order valence-corrected chi connectivity index (χ3v) is 3.75. The van der Waals surface area contributed by atoms with Crippen molar-refractivity contribution in [2.24, 2.45) is 0 Å². The Morgan fingerprint density at radius 2 is 1.95 bits per heavy atom. The van der Waals surface area contributed by atoms with Gasteiger partial charge >= 0.3 is 0 Å². The van der Waals surface area contributed by atoms with Gasteiger partial charge in [-0.3, -0.25) is 0 Å². The van der Waals surface area contributed by atoms with Crippen molar-refractivity contribution in [1.82, 2.24) is 9.38 Å². The van der Waals surface area contributed by atoms with E-state index in [4.69, 9.17) is 0 Å². The second kappa shape index (κ2) is 5.48. The number of hydrogen-bond donors (Lipinski definition) is 1. The molecule has 2 heterocycles. The Morgan fingerprint density at radius 1 is 1.14 bits per heavy atom. The molecule has 0 saturated heterocycles. The first-order chi connectivity index (χ1) is 10.2. The van der Waals surface area contributed by atoms with Gasteiger partial charge in [0, 0.05) is 42.8 Å². The van der Waals surface area contributed by atoms with Crippen LogP contribution in [0.5, 0.6) is 5.75 Å². The lowest BCUT2D eigenvalue weighted by Crippen LogP contribution is -2.21. The van der Waals surface area contributed by atoms with Gasteiger partial charge in [-0.25, -0.2) is 4.98 Å². The van der Waals surface area contributed by atoms with Crippen LogP contribution in [0.25, 0.3) is 16.9 Å². The number of fused-ring (bicyclic) bond motifs is 1. The fourth-order valence-electron chi connectivity index (χ4n) is 2.59. The lowest BCUT2D eigenvalue weighted by molar-refractivity contribution is 0.477. The van der Waals surface area contributed by atoms with Crippen LogP contribution in [-0.4, -0.2) is 27.6 Å². The summed E-state index contributed by atoms with van der Waals surface area (Å²) in [5.74, 6) is 0.266. The average molecular weight is 281 g/mol. The molecule has 4 heteroatoms. The lowest BCUT2D eigenvalue weighted by Gasteiger charge is -2.21. The van der Waals surface area contributed by atoms with Crippen molar-refractivity contribution in [2.75, 3.05) is 18.0 Å². The molecule has 0 spiro atoms. The van der Waals surface area contributed by atoms with E-state index in [-0.39, 0.29) is 5.75 Å². The van der Waals surface area contributed by atoms with Gasteiger partial charge in [0.15, 0.2) is 0 Å². The predicted molar refractivity (Wildman–Crippen MR) is 85.9 cm³/mol. The zero-order valence-electron chi connectivity index (χ0n) is 12.3. The molecular formula is C17H19N3O. The molecule has 0 aliphatic heterocycles. The summed E-state index contributed by atoms with van der Waals surface area (Å²) in [5, 5.41) is 10.3. The van der Waals surface area contributed by atoms with Crippen LogP contribution in [-0.2, 0) is 0 Å². The standard InChI is InChI=1S/C17H19N3O/c1-3-19(4-2)13-8-9-14(16(21)11-13)15-12-20-10-6-5-7-17(20)18-15/h5-12,21H,3-4H2,1-2H3. The van der Waals surface area contributed by atoms with Gasteiger partial charge < -0.3 is 14.4 Å². The van der Waals surface area contributed by atoms with Gasteiger partial charge in [0.1, 0.15) is 11.4 Å². The fourth-order valence-corrected chi connectivity index (χ4v) is 2.59. The van der Waals surface area contributed by atoms with Gasteiger partial charge in [0.2, 0.25) is 0 Å². The van der Waals surface area contributed by atoms with Crippen LogP contribution in [0.4, 0.5) is 5.69 Å². The molecule has 21 heavy (non-hydrogen) atoms. The van der Waals surface area contributed by atoms with E-state index in [0.717, 1.165) is 35.7 Å². The number of anilines is 1. The van der Waals surface area contributed by atoms with E-state index in [1.165, 1.54) is 0 Å². The molecule has 108 valence electrons. The third kappa shape index (κ3) is 2.44. The Bertz CT molecular complexity index is 727. The first-order valence-electron chi connectivity index (χ1n) is 7.25. The number of rotatable bonds is 4. The number of nitrogens with zero attached hydrogens (tertiary/aromatic N) is 3. The van der Waals surface area contributed by atoms with Crippen LogP contribution in [0.3, 0.4) is 0 Å². The van der Waals surface area contributed by atoms with Gasteiger partial charge in [0.25, 0.3) is 0 Å². The molecule has 0 aliphatic carbocycles. The summed E-state index contributed by atoms with van der Waals surface area (Å²) < 4.78 is 1.95. The van der Waals surface area contributed by atoms with E-state index >= 15 is 0 Å². The molecule has 0 amide bonds. The van der Waals surface area contributed by atoms with Gasteiger partial charge in [-0.05, 0) is 38.1 Å². The van der Waals surface area contributed by atoms with Gasteiger partial charge in [-0.1, -0.05) is 6.07 Å². The lowest BCUT2D eigenvalue weighted by atomic mass is 10.1. The zero-order chi connectivity index (χ0) is 14.8. The molecule has 0 saturated carbocycles. The maximum atomic E-state index is 10.3. The first kappa shape index (κ1) is 13.5. The summed E-state index contributed by atoms with van der Waals surface area (Å²) in [6, 6.07) is 11.6. The van der Waals surface area contributed by atoms with Crippen molar-refractivity contribution < 1.29 is 5.11 Å². The molecular weight excluding hydrogens is 262 g/mol. The number of pyridine rings is 1. The van der Waals surface area contributed by atoms with Crippen molar-refractivity contribution in [3.63, 3.8) is 0 Å².